The summed E-state index contributed by atoms with van der Waals surface area (Å²) in [5.74, 6) is 1.88. The molecule has 0 spiro atoms. The van der Waals surface area contributed by atoms with E-state index in [1.54, 1.807) is 0 Å². The smallest absolute Gasteiger partial charge is 0.0159 e. The highest BCUT2D eigenvalue weighted by molar-refractivity contribution is 4.97. The van der Waals surface area contributed by atoms with E-state index >= 15 is 0 Å². The lowest BCUT2D eigenvalue weighted by atomic mass is 9.84. The van der Waals surface area contributed by atoms with Gasteiger partial charge in [-0.2, -0.15) is 0 Å². The summed E-state index contributed by atoms with van der Waals surface area (Å²) in [7, 11) is 0. The molecular formula is C18H36N2. The van der Waals surface area contributed by atoms with Crippen LogP contribution in [0.5, 0.6) is 0 Å². The van der Waals surface area contributed by atoms with Crippen molar-refractivity contribution in [3.8, 4) is 0 Å². The average Bonchev–Trinajstić information content (AvgIpc) is 2.69. The molecule has 0 aromatic rings. The standard InChI is InChI=1S/C18H36N2/c1-5-7-15-9-12-20(13-10-15)14-16-8-11-18(3,4)17(16)19-6-2/h15-17,19H,5-14H2,1-4H3. The monoisotopic (exact) mass is 280 g/mol. The maximum Gasteiger partial charge on any atom is 0.0159 e. The molecule has 1 heterocycles. The van der Waals surface area contributed by atoms with E-state index in [-0.39, 0.29) is 0 Å². The maximum atomic E-state index is 3.78. The van der Waals surface area contributed by atoms with Crippen molar-refractivity contribution in [1.82, 2.24) is 10.2 Å². The van der Waals surface area contributed by atoms with Crippen molar-refractivity contribution in [2.75, 3.05) is 26.2 Å². The number of piperidine rings is 1. The van der Waals surface area contributed by atoms with Gasteiger partial charge in [-0.15, -0.1) is 0 Å². The fourth-order valence-electron chi connectivity index (χ4n) is 4.57. The number of nitrogens with one attached hydrogen (secondary N) is 1. The summed E-state index contributed by atoms with van der Waals surface area (Å²) in [5.41, 5.74) is 0.487. The maximum absolute atomic E-state index is 3.78. The molecule has 1 saturated carbocycles. The first-order valence-electron chi connectivity index (χ1n) is 9.02. The van der Waals surface area contributed by atoms with Crippen molar-refractivity contribution in [2.24, 2.45) is 17.3 Å². The molecule has 2 aliphatic rings. The van der Waals surface area contributed by atoms with Gasteiger partial charge < -0.3 is 10.2 Å². The van der Waals surface area contributed by atoms with E-state index in [0.717, 1.165) is 24.4 Å². The van der Waals surface area contributed by atoms with E-state index < -0.39 is 0 Å². The number of hydrogen-bond acceptors (Lipinski definition) is 2. The van der Waals surface area contributed by atoms with Gasteiger partial charge in [-0.1, -0.05) is 40.5 Å². The Morgan fingerprint density at radius 2 is 1.80 bits per heavy atom. The molecule has 0 bridgehead atoms. The Kier molecular flexibility index (Phi) is 5.92. The Morgan fingerprint density at radius 1 is 1.10 bits per heavy atom. The van der Waals surface area contributed by atoms with Crippen LogP contribution in [0.1, 0.15) is 66.2 Å². The number of hydrogen-bond donors (Lipinski definition) is 1. The fraction of sp³-hybridized carbons (Fsp3) is 1.00. The summed E-state index contributed by atoms with van der Waals surface area (Å²) >= 11 is 0. The molecule has 1 N–H and O–H groups in total. The minimum atomic E-state index is 0.487. The van der Waals surface area contributed by atoms with E-state index in [9.17, 15) is 0 Å². The van der Waals surface area contributed by atoms with Gasteiger partial charge in [0.05, 0.1) is 0 Å². The van der Waals surface area contributed by atoms with Crippen LogP contribution in [-0.4, -0.2) is 37.1 Å². The Balaban J connectivity index is 1.81. The minimum Gasteiger partial charge on any atom is -0.313 e. The molecule has 1 saturated heterocycles. The zero-order chi connectivity index (χ0) is 14.6. The normalized spacial score (nSPS) is 31.8. The van der Waals surface area contributed by atoms with Crippen LogP contribution in [-0.2, 0) is 0 Å². The van der Waals surface area contributed by atoms with Crippen LogP contribution in [0.3, 0.4) is 0 Å². The van der Waals surface area contributed by atoms with E-state index in [2.05, 4.69) is 37.9 Å². The molecule has 2 atom stereocenters. The Bertz CT molecular complexity index is 279. The Morgan fingerprint density at radius 3 is 2.40 bits per heavy atom. The predicted molar refractivity (Wildman–Crippen MR) is 88.0 cm³/mol. The van der Waals surface area contributed by atoms with Crippen LogP contribution in [0.2, 0.25) is 0 Å². The molecule has 2 unspecified atom stereocenters. The molecule has 2 nitrogen and oxygen atoms in total. The van der Waals surface area contributed by atoms with Crippen molar-refractivity contribution in [2.45, 2.75) is 72.3 Å². The quantitative estimate of drug-likeness (QED) is 0.793. The third-order valence-electron chi connectivity index (χ3n) is 5.79. The molecule has 1 aliphatic heterocycles. The van der Waals surface area contributed by atoms with Crippen LogP contribution in [0.15, 0.2) is 0 Å². The second-order valence-electron chi connectivity index (χ2n) is 7.86. The van der Waals surface area contributed by atoms with Crippen molar-refractivity contribution >= 4 is 0 Å². The van der Waals surface area contributed by atoms with Gasteiger partial charge in [0, 0.05) is 12.6 Å². The summed E-state index contributed by atoms with van der Waals surface area (Å²) < 4.78 is 0. The molecule has 2 heteroatoms. The highest BCUT2D eigenvalue weighted by atomic mass is 15.1. The summed E-state index contributed by atoms with van der Waals surface area (Å²) in [6.45, 7) is 14.6. The molecule has 2 fully saturated rings. The first-order valence-corrected chi connectivity index (χ1v) is 9.02. The van der Waals surface area contributed by atoms with Gasteiger partial charge in [0.15, 0.2) is 0 Å². The van der Waals surface area contributed by atoms with Crippen molar-refractivity contribution in [3.63, 3.8) is 0 Å². The molecule has 0 aromatic heterocycles. The van der Waals surface area contributed by atoms with Crippen LogP contribution in [0.25, 0.3) is 0 Å². The predicted octanol–water partition coefficient (Wildman–Crippen LogP) is 3.91. The summed E-state index contributed by atoms with van der Waals surface area (Å²) in [6.07, 6.45) is 8.50. The van der Waals surface area contributed by atoms with Crippen LogP contribution < -0.4 is 5.32 Å². The lowest BCUT2D eigenvalue weighted by Crippen LogP contribution is -2.47. The lowest BCUT2D eigenvalue weighted by Gasteiger charge is -2.37. The molecule has 20 heavy (non-hydrogen) atoms. The van der Waals surface area contributed by atoms with Crippen LogP contribution in [0.4, 0.5) is 0 Å². The van der Waals surface area contributed by atoms with Gasteiger partial charge in [0.1, 0.15) is 0 Å². The van der Waals surface area contributed by atoms with Crippen molar-refractivity contribution in [3.05, 3.63) is 0 Å². The third-order valence-corrected chi connectivity index (χ3v) is 5.79. The van der Waals surface area contributed by atoms with Gasteiger partial charge in [0.2, 0.25) is 0 Å². The van der Waals surface area contributed by atoms with E-state index in [0.29, 0.717) is 5.41 Å². The Hall–Kier alpha value is -0.0800. The zero-order valence-corrected chi connectivity index (χ0v) is 14.3. The molecule has 118 valence electrons. The molecule has 1 aliphatic carbocycles. The first-order chi connectivity index (χ1) is 9.56. The third kappa shape index (κ3) is 3.98. The van der Waals surface area contributed by atoms with Crippen LogP contribution >= 0.6 is 0 Å². The van der Waals surface area contributed by atoms with Gasteiger partial charge in [-0.25, -0.2) is 0 Å². The topological polar surface area (TPSA) is 15.3 Å². The molecular weight excluding hydrogens is 244 g/mol. The van der Waals surface area contributed by atoms with E-state index in [1.165, 1.54) is 58.2 Å². The fourth-order valence-corrected chi connectivity index (χ4v) is 4.57. The van der Waals surface area contributed by atoms with E-state index in [4.69, 9.17) is 0 Å². The van der Waals surface area contributed by atoms with E-state index in [1.807, 2.05) is 0 Å². The zero-order valence-electron chi connectivity index (χ0n) is 14.3. The largest absolute Gasteiger partial charge is 0.313 e. The molecule has 2 rings (SSSR count). The molecule has 0 aromatic carbocycles. The van der Waals surface area contributed by atoms with Crippen molar-refractivity contribution in [1.29, 1.82) is 0 Å². The second-order valence-corrected chi connectivity index (χ2v) is 7.86. The summed E-state index contributed by atoms with van der Waals surface area (Å²) in [5, 5.41) is 3.78. The average molecular weight is 281 g/mol. The second kappa shape index (κ2) is 7.26. The number of likely N-dealkylation sites (tertiary alicyclic amines) is 1. The number of nitrogens with zero attached hydrogens (tertiary/aromatic N) is 1. The lowest BCUT2D eigenvalue weighted by molar-refractivity contribution is 0.137. The Labute approximate surface area is 126 Å². The van der Waals surface area contributed by atoms with Crippen molar-refractivity contribution < 1.29 is 0 Å². The van der Waals surface area contributed by atoms with Gasteiger partial charge in [-0.05, 0) is 62.6 Å². The SMILES string of the molecule is CCCC1CCN(CC2CCC(C)(C)C2NCC)CC1. The highest BCUT2D eigenvalue weighted by Crippen LogP contribution is 2.42. The summed E-state index contributed by atoms with van der Waals surface area (Å²) in [6, 6.07) is 0.723. The first kappa shape index (κ1) is 16.3. The van der Waals surface area contributed by atoms with Crippen LogP contribution in [0, 0.1) is 17.3 Å². The summed E-state index contributed by atoms with van der Waals surface area (Å²) in [4.78, 5) is 2.75. The van der Waals surface area contributed by atoms with Gasteiger partial charge >= 0.3 is 0 Å². The number of rotatable bonds is 6. The molecule has 0 amide bonds. The highest BCUT2D eigenvalue weighted by Gasteiger charge is 2.41. The van der Waals surface area contributed by atoms with Gasteiger partial charge in [0.25, 0.3) is 0 Å². The molecule has 0 radical (unpaired) electrons. The van der Waals surface area contributed by atoms with Gasteiger partial charge in [-0.3, -0.25) is 0 Å². The minimum absolute atomic E-state index is 0.487.